The number of esters is 1. The molecule has 12 nitrogen and oxygen atoms in total. The Bertz CT molecular complexity index is 1530. The van der Waals surface area contributed by atoms with Crippen LogP contribution < -0.4 is 14.4 Å². The molecule has 5 rings (SSSR count). The van der Waals surface area contributed by atoms with Crippen LogP contribution in [0.15, 0.2) is 48.0 Å². The molecule has 13 heteroatoms. The number of ether oxygens (including phenoxy) is 3. The number of benzene rings is 2. The van der Waals surface area contributed by atoms with E-state index in [1.807, 2.05) is 0 Å². The number of nitro groups is 1. The van der Waals surface area contributed by atoms with Crippen molar-refractivity contribution < 1.29 is 38.6 Å². The highest BCUT2D eigenvalue weighted by Crippen LogP contribution is 2.45. The number of Topliss-reactive ketones (excluding diaryl/α,β-unsaturated/α-hetero) is 1. The fourth-order valence-corrected chi connectivity index (χ4v) is 5.25. The summed E-state index contributed by atoms with van der Waals surface area (Å²) < 4.78 is 15.9. The van der Waals surface area contributed by atoms with Gasteiger partial charge in [0.1, 0.15) is 23.9 Å². The van der Waals surface area contributed by atoms with Crippen LogP contribution >= 0.6 is 11.3 Å². The Kier molecular flexibility index (Phi) is 6.28. The quantitative estimate of drug-likeness (QED) is 0.127. The molecule has 2 aliphatic heterocycles. The van der Waals surface area contributed by atoms with Gasteiger partial charge in [-0.1, -0.05) is 11.3 Å². The van der Waals surface area contributed by atoms with Crippen LogP contribution in [0.4, 0.5) is 10.8 Å². The van der Waals surface area contributed by atoms with Crippen molar-refractivity contribution in [1.82, 2.24) is 4.98 Å². The van der Waals surface area contributed by atoms with Gasteiger partial charge in [0.05, 0.1) is 29.3 Å². The molecule has 194 valence electrons. The SMILES string of the molecule is COC(=O)c1sc(N2C(=O)C(=O)C(=C(O)c3ccc4c(c3)OCCO4)C2c2ccc([N+](=O)[O-])cc2)nc1C. The number of anilines is 1. The molecule has 3 heterocycles. The second-order valence-electron chi connectivity index (χ2n) is 8.28. The lowest BCUT2D eigenvalue weighted by atomic mass is 9.95. The Morgan fingerprint density at radius 3 is 2.50 bits per heavy atom. The summed E-state index contributed by atoms with van der Waals surface area (Å²) in [5.41, 5.74) is 0.336. The summed E-state index contributed by atoms with van der Waals surface area (Å²) in [6.45, 7) is 2.22. The summed E-state index contributed by atoms with van der Waals surface area (Å²) in [5, 5.41) is 22.5. The van der Waals surface area contributed by atoms with Crippen molar-refractivity contribution in [1.29, 1.82) is 0 Å². The number of thiazole rings is 1. The maximum atomic E-state index is 13.3. The summed E-state index contributed by atoms with van der Waals surface area (Å²) >= 11 is 0.848. The van der Waals surface area contributed by atoms with Gasteiger partial charge in [-0.05, 0) is 42.8 Å². The van der Waals surface area contributed by atoms with E-state index in [0.29, 0.717) is 30.3 Å². The predicted molar refractivity (Wildman–Crippen MR) is 134 cm³/mol. The molecule has 1 fully saturated rings. The number of aromatic nitrogens is 1. The number of nitro benzene ring substituents is 1. The first kappa shape index (κ1) is 24.9. The molecule has 0 spiro atoms. The topological polar surface area (TPSA) is 158 Å². The summed E-state index contributed by atoms with van der Waals surface area (Å²) in [6, 6.07) is 8.63. The van der Waals surface area contributed by atoms with E-state index in [1.165, 1.54) is 43.5 Å². The number of nitrogens with zero attached hydrogens (tertiary/aromatic N) is 3. The van der Waals surface area contributed by atoms with Crippen molar-refractivity contribution in [2.45, 2.75) is 13.0 Å². The van der Waals surface area contributed by atoms with Gasteiger partial charge in [-0.15, -0.1) is 0 Å². The molecular weight excluding hydrogens is 518 g/mol. The first-order chi connectivity index (χ1) is 18.2. The minimum Gasteiger partial charge on any atom is -0.507 e. The largest absolute Gasteiger partial charge is 0.507 e. The van der Waals surface area contributed by atoms with E-state index in [0.717, 1.165) is 16.2 Å². The Morgan fingerprint density at radius 2 is 1.84 bits per heavy atom. The first-order valence-electron chi connectivity index (χ1n) is 11.2. The van der Waals surface area contributed by atoms with E-state index >= 15 is 0 Å². The van der Waals surface area contributed by atoms with E-state index in [-0.39, 0.29) is 32.5 Å². The molecule has 1 amide bonds. The predicted octanol–water partition coefficient (Wildman–Crippen LogP) is 3.54. The van der Waals surface area contributed by atoms with Crippen LogP contribution in [-0.2, 0) is 14.3 Å². The van der Waals surface area contributed by atoms with E-state index < -0.39 is 34.4 Å². The molecule has 1 N–H and O–H groups in total. The van der Waals surface area contributed by atoms with E-state index in [2.05, 4.69) is 4.98 Å². The molecule has 0 radical (unpaired) electrons. The van der Waals surface area contributed by atoms with Gasteiger partial charge < -0.3 is 19.3 Å². The molecule has 0 aliphatic carbocycles. The summed E-state index contributed by atoms with van der Waals surface area (Å²) in [5.74, 6) is -2.29. The van der Waals surface area contributed by atoms with Crippen LogP contribution in [0.3, 0.4) is 0 Å². The van der Waals surface area contributed by atoms with E-state index in [9.17, 15) is 29.6 Å². The third kappa shape index (κ3) is 4.12. The first-order valence-corrected chi connectivity index (χ1v) is 12.0. The zero-order valence-corrected chi connectivity index (χ0v) is 20.8. The second kappa shape index (κ2) is 9.59. The number of ketones is 1. The molecule has 1 atom stereocenters. The van der Waals surface area contributed by atoms with Crippen LogP contribution in [0.1, 0.15) is 32.5 Å². The van der Waals surface area contributed by atoms with E-state index in [4.69, 9.17) is 14.2 Å². The van der Waals surface area contributed by atoms with Crippen molar-refractivity contribution in [2.24, 2.45) is 0 Å². The lowest BCUT2D eigenvalue weighted by Crippen LogP contribution is -2.29. The van der Waals surface area contributed by atoms with Crippen LogP contribution in [0.5, 0.6) is 11.5 Å². The molecule has 1 unspecified atom stereocenters. The Hall–Kier alpha value is -4.78. The summed E-state index contributed by atoms with van der Waals surface area (Å²) in [6.07, 6.45) is 0. The van der Waals surface area contributed by atoms with Crippen LogP contribution in [0.25, 0.3) is 5.76 Å². The third-order valence-corrected chi connectivity index (χ3v) is 7.18. The number of rotatable bonds is 5. The van der Waals surface area contributed by atoms with Gasteiger partial charge in [0.25, 0.3) is 11.5 Å². The Morgan fingerprint density at radius 1 is 1.16 bits per heavy atom. The van der Waals surface area contributed by atoms with Gasteiger partial charge in [0.2, 0.25) is 0 Å². The number of aryl methyl sites for hydroxylation is 1. The molecule has 2 aromatic carbocycles. The average Bonchev–Trinajstić information content (AvgIpc) is 3.43. The minimum atomic E-state index is -1.19. The number of hydrogen-bond acceptors (Lipinski definition) is 11. The van der Waals surface area contributed by atoms with Crippen LogP contribution in [0, 0.1) is 17.0 Å². The average molecular weight is 538 g/mol. The van der Waals surface area contributed by atoms with Crippen molar-refractivity contribution in [3.05, 3.63) is 79.8 Å². The number of carbonyl (C=O) groups excluding carboxylic acids is 3. The summed E-state index contributed by atoms with van der Waals surface area (Å²) in [7, 11) is 1.21. The number of carbonyl (C=O) groups is 3. The number of aliphatic hydroxyl groups is 1. The fourth-order valence-electron chi connectivity index (χ4n) is 4.24. The molecular formula is C25H19N3O9S. The summed E-state index contributed by atoms with van der Waals surface area (Å²) in [4.78, 5) is 55.0. The number of amides is 1. The lowest BCUT2D eigenvalue weighted by Gasteiger charge is -2.23. The smallest absolute Gasteiger partial charge is 0.350 e. The number of aliphatic hydroxyl groups excluding tert-OH is 1. The maximum Gasteiger partial charge on any atom is 0.350 e. The third-order valence-electron chi connectivity index (χ3n) is 6.04. The minimum absolute atomic E-state index is 0.0228. The molecule has 2 aliphatic rings. The zero-order valence-electron chi connectivity index (χ0n) is 20.0. The zero-order chi connectivity index (χ0) is 27.1. The van der Waals surface area contributed by atoms with Crippen LogP contribution in [-0.4, -0.2) is 53.0 Å². The van der Waals surface area contributed by atoms with Crippen molar-refractivity contribution >= 4 is 45.6 Å². The van der Waals surface area contributed by atoms with Crippen LogP contribution in [0.2, 0.25) is 0 Å². The molecule has 1 aromatic heterocycles. The van der Waals surface area contributed by atoms with E-state index in [1.54, 1.807) is 13.0 Å². The Balaban J connectivity index is 1.69. The molecule has 0 saturated carbocycles. The van der Waals surface area contributed by atoms with Gasteiger partial charge in [0.15, 0.2) is 16.6 Å². The maximum absolute atomic E-state index is 13.3. The number of fused-ring (bicyclic) bond motifs is 1. The highest BCUT2D eigenvalue weighted by molar-refractivity contribution is 7.17. The van der Waals surface area contributed by atoms with Gasteiger partial charge in [-0.3, -0.25) is 24.6 Å². The highest BCUT2D eigenvalue weighted by atomic mass is 32.1. The van der Waals surface area contributed by atoms with Crippen molar-refractivity contribution in [3.63, 3.8) is 0 Å². The molecule has 0 bridgehead atoms. The van der Waals surface area contributed by atoms with Gasteiger partial charge in [-0.2, -0.15) is 0 Å². The standard InChI is InChI=1S/C25H19N3O9S/c1-12-22(24(32)35-2)38-25(26-12)27-19(13-3-6-15(7-4-13)28(33)34)18(21(30)23(27)31)20(29)14-5-8-16-17(11-14)37-10-9-36-16/h3-8,11,19,29H,9-10H2,1-2H3. The van der Waals surface area contributed by atoms with Crippen molar-refractivity contribution in [3.8, 4) is 11.5 Å². The van der Waals surface area contributed by atoms with Gasteiger partial charge in [0, 0.05) is 17.7 Å². The van der Waals surface area contributed by atoms with Crippen molar-refractivity contribution in [2.75, 3.05) is 25.2 Å². The normalized spacial score (nSPS) is 17.9. The number of hydrogen-bond donors (Lipinski definition) is 1. The molecule has 1 saturated heterocycles. The second-order valence-corrected chi connectivity index (χ2v) is 9.26. The fraction of sp³-hybridized carbons (Fsp3) is 0.200. The lowest BCUT2D eigenvalue weighted by molar-refractivity contribution is -0.384. The van der Waals surface area contributed by atoms with Gasteiger partial charge >= 0.3 is 11.9 Å². The number of non-ortho nitro benzene ring substituents is 1. The van der Waals surface area contributed by atoms with Gasteiger partial charge in [-0.25, -0.2) is 9.78 Å². The highest BCUT2D eigenvalue weighted by Gasteiger charge is 2.48. The molecule has 38 heavy (non-hydrogen) atoms. The number of methoxy groups -OCH3 is 1. The Labute approximate surface area is 218 Å². The molecule has 3 aromatic rings. The monoisotopic (exact) mass is 537 g/mol.